The summed E-state index contributed by atoms with van der Waals surface area (Å²) in [5, 5.41) is 3.26. The summed E-state index contributed by atoms with van der Waals surface area (Å²) in [4.78, 5) is 12.9. The fourth-order valence-electron chi connectivity index (χ4n) is 3.15. The van der Waals surface area contributed by atoms with E-state index in [9.17, 15) is 13.2 Å². The standard InChI is InChI=1S/C20H22BrClN2O3S/c1-13-7-9-24(10-8-13)28(26,27)16-5-3-14(2)17(12-16)20(25)23-15-4-6-18(21)19(22)11-15/h3-6,11-13H,7-10H2,1-2H3,(H,23,25). The van der Waals surface area contributed by atoms with E-state index in [0.717, 1.165) is 17.3 Å². The van der Waals surface area contributed by atoms with Crippen LogP contribution in [0.4, 0.5) is 5.69 Å². The third-order valence-electron chi connectivity index (χ3n) is 5.01. The van der Waals surface area contributed by atoms with Crippen LogP contribution in [0.25, 0.3) is 0 Å². The molecular weight excluding hydrogens is 464 g/mol. The van der Waals surface area contributed by atoms with Gasteiger partial charge in [0.15, 0.2) is 0 Å². The number of sulfonamides is 1. The van der Waals surface area contributed by atoms with Gasteiger partial charge in [0.25, 0.3) is 5.91 Å². The number of carbonyl (C=O) groups excluding carboxylic acids is 1. The Morgan fingerprint density at radius 2 is 1.86 bits per heavy atom. The van der Waals surface area contributed by atoms with Crippen molar-refractivity contribution in [1.29, 1.82) is 0 Å². The fourth-order valence-corrected chi connectivity index (χ4v) is 5.08. The molecule has 0 bridgehead atoms. The van der Waals surface area contributed by atoms with Crippen molar-refractivity contribution in [3.63, 3.8) is 0 Å². The zero-order chi connectivity index (χ0) is 20.5. The van der Waals surface area contributed by atoms with Crippen LogP contribution in [0.2, 0.25) is 5.02 Å². The third kappa shape index (κ3) is 4.59. The fraction of sp³-hybridized carbons (Fsp3) is 0.350. The van der Waals surface area contributed by atoms with E-state index in [0.29, 0.717) is 40.8 Å². The smallest absolute Gasteiger partial charge is 0.255 e. The Labute approximate surface area is 179 Å². The topological polar surface area (TPSA) is 66.5 Å². The highest BCUT2D eigenvalue weighted by Gasteiger charge is 2.29. The van der Waals surface area contributed by atoms with Gasteiger partial charge in [-0.3, -0.25) is 4.79 Å². The van der Waals surface area contributed by atoms with Crippen LogP contribution in [0, 0.1) is 12.8 Å². The molecule has 1 fully saturated rings. The van der Waals surface area contributed by atoms with Gasteiger partial charge in [-0.1, -0.05) is 24.6 Å². The molecule has 1 aliphatic rings. The van der Waals surface area contributed by atoms with Crippen molar-refractivity contribution < 1.29 is 13.2 Å². The summed E-state index contributed by atoms with van der Waals surface area (Å²) in [5.41, 5.74) is 1.56. The molecule has 0 unspecified atom stereocenters. The van der Waals surface area contributed by atoms with Crippen LogP contribution in [0.1, 0.15) is 35.7 Å². The van der Waals surface area contributed by atoms with E-state index < -0.39 is 10.0 Å². The molecule has 8 heteroatoms. The summed E-state index contributed by atoms with van der Waals surface area (Å²) in [5.74, 6) is 0.156. The van der Waals surface area contributed by atoms with E-state index in [1.165, 1.54) is 10.4 Å². The molecule has 5 nitrogen and oxygen atoms in total. The highest BCUT2D eigenvalue weighted by molar-refractivity contribution is 9.10. The second-order valence-corrected chi connectivity index (χ2v) is 10.3. The predicted octanol–water partition coefficient (Wildman–Crippen LogP) is 5.08. The van der Waals surface area contributed by atoms with Crippen molar-refractivity contribution in [3.05, 3.63) is 57.0 Å². The first-order valence-electron chi connectivity index (χ1n) is 9.05. The molecular formula is C20H22BrClN2O3S. The molecule has 0 aromatic heterocycles. The van der Waals surface area contributed by atoms with Crippen molar-refractivity contribution >= 4 is 49.1 Å². The summed E-state index contributed by atoms with van der Waals surface area (Å²) >= 11 is 9.38. The zero-order valence-electron chi connectivity index (χ0n) is 15.7. The lowest BCUT2D eigenvalue weighted by atomic mass is 10.0. The number of hydrogen-bond acceptors (Lipinski definition) is 3. The molecule has 0 aliphatic carbocycles. The average molecular weight is 486 g/mol. The maximum atomic E-state index is 13.0. The summed E-state index contributed by atoms with van der Waals surface area (Å²) in [7, 11) is -3.62. The summed E-state index contributed by atoms with van der Waals surface area (Å²) in [6.45, 7) is 4.93. The number of amides is 1. The molecule has 2 aromatic carbocycles. The van der Waals surface area contributed by atoms with Gasteiger partial charge in [0.05, 0.1) is 9.92 Å². The Kier molecular flexibility index (Phi) is 6.49. The molecule has 0 spiro atoms. The first kappa shape index (κ1) is 21.3. The van der Waals surface area contributed by atoms with E-state index in [-0.39, 0.29) is 10.8 Å². The Morgan fingerprint density at radius 3 is 2.50 bits per heavy atom. The van der Waals surface area contributed by atoms with Crippen molar-refractivity contribution in [1.82, 2.24) is 4.31 Å². The minimum Gasteiger partial charge on any atom is -0.322 e. The van der Waals surface area contributed by atoms with Crippen molar-refractivity contribution in [2.24, 2.45) is 5.92 Å². The van der Waals surface area contributed by atoms with Gasteiger partial charge in [0, 0.05) is 28.8 Å². The number of hydrogen-bond donors (Lipinski definition) is 1. The lowest BCUT2D eigenvalue weighted by Crippen LogP contribution is -2.38. The van der Waals surface area contributed by atoms with Crippen LogP contribution in [0.5, 0.6) is 0 Å². The molecule has 0 saturated carbocycles. The summed E-state index contributed by atoms with van der Waals surface area (Å²) < 4.78 is 28.2. The molecule has 1 N–H and O–H groups in total. The van der Waals surface area contributed by atoms with Crippen LogP contribution in [0.3, 0.4) is 0 Å². The number of piperidine rings is 1. The molecule has 1 saturated heterocycles. The Hall–Kier alpha value is -1.41. The first-order valence-corrected chi connectivity index (χ1v) is 11.7. The Bertz CT molecular complexity index is 1000. The van der Waals surface area contributed by atoms with E-state index >= 15 is 0 Å². The molecule has 1 heterocycles. The number of carbonyl (C=O) groups is 1. The van der Waals surface area contributed by atoms with Crippen molar-refractivity contribution in [2.45, 2.75) is 31.6 Å². The maximum Gasteiger partial charge on any atom is 0.255 e. The average Bonchev–Trinajstić information content (AvgIpc) is 2.65. The Morgan fingerprint density at radius 1 is 1.18 bits per heavy atom. The highest BCUT2D eigenvalue weighted by Crippen LogP contribution is 2.27. The number of anilines is 1. The largest absolute Gasteiger partial charge is 0.322 e. The van der Waals surface area contributed by atoms with Crippen LogP contribution >= 0.6 is 27.5 Å². The minimum atomic E-state index is -3.62. The Balaban J connectivity index is 1.86. The highest BCUT2D eigenvalue weighted by atomic mass is 79.9. The van der Waals surface area contributed by atoms with Gasteiger partial charge in [0.2, 0.25) is 10.0 Å². The quantitative estimate of drug-likeness (QED) is 0.656. The lowest BCUT2D eigenvalue weighted by Gasteiger charge is -2.29. The van der Waals surface area contributed by atoms with E-state index in [1.54, 1.807) is 37.3 Å². The van der Waals surface area contributed by atoms with Crippen LogP contribution in [0.15, 0.2) is 45.8 Å². The van der Waals surface area contributed by atoms with Crippen LogP contribution < -0.4 is 5.32 Å². The minimum absolute atomic E-state index is 0.145. The van der Waals surface area contributed by atoms with Gasteiger partial charge >= 0.3 is 0 Å². The first-order chi connectivity index (χ1) is 13.2. The van der Waals surface area contributed by atoms with E-state index in [2.05, 4.69) is 28.2 Å². The molecule has 0 atom stereocenters. The number of nitrogens with zero attached hydrogens (tertiary/aromatic N) is 1. The number of halogens is 2. The summed E-state index contributed by atoms with van der Waals surface area (Å²) in [6.07, 6.45) is 1.70. The molecule has 0 radical (unpaired) electrons. The van der Waals surface area contributed by atoms with Gasteiger partial charge < -0.3 is 5.32 Å². The van der Waals surface area contributed by atoms with E-state index in [4.69, 9.17) is 11.6 Å². The third-order valence-corrected chi connectivity index (χ3v) is 8.14. The van der Waals surface area contributed by atoms with Gasteiger partial charge in [-0.05, 0) is 77.5 Å². The van der Waals surface area contributed by atoms with Crippen LogP contribution in [-0.4, -0.2) is 31.7 Å². The lowest BCUT2D eigenvalue weighted by molar-refractivity contribution is 0.102. The number of aryl methyl sites for hydroxylation is 1. The van der Waals surface area contributed by atoms with Crippen LogP contribution in [-0.2, 0) is 10.0 Å². The molecule has 28 heavy (non-hydrogen) atoms. The maximum absolute atomic E-state index is 13.0. The molecule has 1 aliphatic heterocycles. The number of benzene rings is 2. The molecule has 2 aromatic rings. The summed E-state index contributed by atoms with van der Waals surface area (Å²) in [6, 6.07) is 9.79. The zero-order valence-corrected chi connectivity index (χ0v) is 18.9. The SMILES string of the molecule is Cc1ccc(S(=O)(=O)N2CCC(C)CC2)cc1C(=O)Nc1ccc(Br)c(Cl)c1. The predicted molar refractivity (Wildman–Crippen MR) is 115 cm³/mol. The second kappa shape index (κ2) is 8.53. The van der Waals surface area contributed by atoms with Gasteiger partial charge in [0.1, 0.15) is 0 Å². The second-order valence-electron chi connectivity index (χ2n) is 7.15. The molecule has 3 rings (SSSR count). The molecule has 1 amide bonds. The van der Waals surface area contributed by atoms with E-state index in [1.807, 2.05) is 0 Å². The van der Waals surface area contributed by atoms with Gasteiger partial charge in [-0.25, -0.2) is 8.42 Å². The van der Waals surface area contributed by atoms with Gasteiger partial charge in [-0.2, -0.15) is 4.31 Å². The van der Waals surface area contributed by atoms with Gasteiger partial charge in [-0.15, -0.1) is 0 Å². The van der Waals surface area contributed by atoms with Crippen molar-refractivity contribution in [3.8, 4) is 0 Å². The molecule has 150 valence electrons. The van der Waals surface area contributed by atoms with Crippen molar-refractivity contribution in [2.75, 3.05) is 18.4 Å². The number of nitrogens with one attached hydrogen (secondary N) is 1. The normalized spacial score (nSPS) is 16.1. The monoisotopic (exact) mass is 484 g/mol. The number of rotatable bonds is 4.